The fourth-order valence-corrected chi connectivity index (χ4v) is 3.16. The Kier molecular flexibility index (Phi) is 7.64. The van der Waals surface area contributed by atoms with E-state index >= 15 is 0 Å². The van der Waals surface area contributed by atoms with Gasteiger partial charge in [0.2, 0.25) is 0 Å². The molecule has 1 amide bonds. The number of isothiocyanates is 1. The average molecular weight is 450 g/mol. The molecule has 1 aliphatic heterocycles. The molecule has 2 aromatic carbocycles. The van der Waals surface area contributed by atoms with Crippen LogP contribution in [0.5, 0.6) is 0 Å². The van der Waals surface area contributed by atoms with Gasteiger partial charge in [0.25, 0.3) is 0 Å². The Morgan fingerprint density at radius 2 is 1.72 bits per heavy atom. The molecule has 0 atom stereocenters. The molecule has 3 rings (SSSR count). The monoisotopic (exact) mass is 450 g/mol. The highest BCUT2D eigenvalue weighted by Crippen LogP contribution is 2.38. The topological polar surface area (TPSA) is 69.2 Å². The summed E-state index contributed by atoms with van der Waals surface area (Å²) in [5, 5.41) is 5.16. The maximum Gasteiger partial charge on any atom is 0.492 e. The molecule has 0 radical (unpaired) electrons. The fourth-order valence-electron chi connectivity index (χ4n) is 3.06. The average Bonchev–Trinajstić information content (AvgIpc) is 2.98. The Hall–Kier alpha value is -2.77. The fraction of sp³-hybridized carbons (Fsp3) is 0.333. The van der Waals surface area contributed by atoms with Gasteiger partial charge in [-0.1, -0.05) is 48.5 Å². The van der Waals surface area contributed by atoms with Crippen LogP contribution in [0.3, 0.4) is 0 Å². The second-order valence-corrected chi connectivity index (χ2v) is 8.70. The van der Waals surface area contributed by atoms with Crippen molar-refractivity contribution in [2.24, 2.45) is 4.99 Å². The number of nitrogens with zero attached hydrogens (tertiary/aromatic N) is 1. The van der Waals surface area contributed by atoms with E-state index in [0.29, 0.717) is 0 Å². The van der Waals surface area contributed by atoms with Crippen molar-refractivity contribution in [3.63, 3.8) is 0 Å². The molecule has 32 heavy (non-hydrogen) atoms. The number of alkyl carbamates (subject to hydrolysis) is 1. The van der Waals surface area contributed by atoms with Crippen LogP contribution < -0.4 is 5.32 Å². The third-order valence-electron chi connectivity index (χ3n) is 5.63. The van der Waals surface area contributed by atoms with Gasteiger partial charge >= 0.3 is 13.2 Å². The van der Waals surface area contributed by atoms with Gasteiger partial charge in [-0.2, -0.15) is 4.99 Å². The highest BCUT2D eigenvalue weighted by Gasteiger charge is 2.52. The van der Waals surface area contributed by atoms with Crippen molar-refractivity contribution < 1.29 is 18.8 Å². The highest BCUT2D eigenvalue weighted by atomic mass is 32.1. The summed E-state index contributed by atoms with van der Waals surface area (Å²) in [6, 6.07) is 17.0. The Morgan fingerprint density at radius 3 is 2.31 bits per heavy atom. The van der Waals surface area contributed by atoms with Crippen LogP contribution in [0.2, 0.25) is 0 Å². The summed E-state index contributed by atoms with van der Waals surface area (Å²) < 4.78 is 17.7. The van der Waals surface area contributed by atoms with Crippen LogP contribution in [-0.2, 0) is 20.7 Å². The largest absolute Gasteiger partial charge is 0.492 e. The molecule has 6 nitrogen and oxygen atoms in total. The van der Waals surface area contributed by atoms with E-state index in [9.17, 15) is 4.79 Å². The minimum absolute atomic E-state index is 0.198. The van der Waals surface area contributed by atoms with Crippen molar-refractivity contribution in [1.29, 1.82) is 0 Å². The molecule has 1 saturated heterocycles. The predicted octanol–water partition coefficient (Wildman–Crippen LogP) is 5.36. The number of hydrogen-bond acceptors (Lipinski definition) is 6. The maximum absolute atomic E-state index is 12.3. The third kappa shape index (κ3) is 6.14. The number of ether oxygens (including phenoxy) is 1. The number of hydrogen-bond donors (Lipinski definition) is 1. The molecule has 1 aliphatic rings. The molecule has 1 N–H and O–H groups in total. The second-order valence-electron chi connectivity index (χ2n) is 8.52. The molecular weight excluding hydrogens is 423 g/mol. The molecule has 166 valence electrons. The first kappa shape index (κ1) is 23.9. The first-order chi connectivity index (χ1) is 15.2. The highest BCUT2D eigenvalue weighted by molar-refractivity contribution is 7.78. The third-order valence-corrected chi connectivity index (χ3v) is 5.72. The standard InChI is InChI=1S/C24H27BN2O4S/c1-23(2)24(3,4)31-25(30-23)20(14-18-10-12-21(13-11-18)27-17-32)15-26-22(28)29-16-19-8-6-5-7-9-19/h5-14H,15-16H2,1-4H3,(H,26,28). The van der Waals surface area contributed by atoms with E-state index in [1.807, 2.05) is 88.4 Å². The van der Waals surface area contributed by atoms with Gasteiger partial charge in [0, 0.05) is 6.54 Å². The van der Waals surface area contributed by atoms with Crippen LogP contribution in [0.25, 0.3) is 6.08 Å². The maximum atomic E-state index is 12.3. The van der Waals surface area contributed by atoms with Gasteiger partial charge in [0.05, 0.1) is 22.1 Å². The number of carbonyl (C=O) groups excluding carboxylic acids is 1. The summed E-state index contributed by atoms with van der Waals surface area (Å²) in [6.45, 7) is 8.37. The zero-order valence-corrected chi connectivity index (χ0v) is 19.6. The SMILES string of the molecule is CC1(C)OB(C(=Cc2ccc(N=C=S)cc2)CNC(=O)OCc2ccccc2)OC1(C)C. The van der Waals surface area contributed by atoms with Crippen LogP contribution >= 0.6 is 12.2 Å². The quantitative estimate of drug-likeness (QED) is 0.349. The summed E-state index contributed by atoms with van der Waals surface area (Å²) in [4.78, 5) is 16.3. The van der Waals surface area contributed by atoms with E-state index in [1.165, 1.54) is 0 Å². The van der Waals surface area contributed by atoms with E-state index in [2.05, 4.69) is 27.7 Å². The van der Waals surface area contributed by atoms with E-state index in [-0.39, 0.29) is 13.2 Å². The van der Waals surface area contributed by atoms with Gasteiger partial charge < -0.3 is 19.4 Å². The predicted molar refractivity (Wildman–Crippen MR) is 130 cm³/mol. The number of amides is 1. The van der Waals surface area contributed by atoms with Crippen LogP contribution in [0.4, 0.5) is 10.5 Å². The van der Waals surface area contributed by atoms with Crippen molar-refractivity contribution >= 4 is 42.4 Å². The lowest BCUT2D eigenvalue weighted by Crippen LogP contribution is -2.41. The lowest BCUT2D eigenvalue weighted by Gasteiger charge is -2.32. The van der Waals surface area contributed by atoms with Crippen LogP contribution in [0.15, 0.2) is 65.1 Å². The molecule has 8 heteroatoms. The summed E-state index contributed by atoms with van der Waals surface area (Å²) in [5.41, 5.74) is 2.33. The first-order valence-electron chi connectivity index (χ1n) is 10.4. The number of rotatable bonds is 7. The molecule has 1 fully saturated rings. The van der Waals surface area contributed by atoms with Crippen LogP contribution in [0.1, 0.15) is 38.8 Å². The molecule has 0 spiro atoms. The first-order valence-corrected chi connectivity index (χ1v) is 10.8. The van der Waals surface area contributed by atoms with Crippen LogP contribution in [-0.4, -0.2) is 36.1 Å². The lowest BCUT2D eigenvalue weighted by molar-refractivity contribution is 0.00578. The van der Waals surface area contributed by atoms with Crippen LogP contribution in [0, 0.1) is 0 Å². The Bertz CT molecular complexity index is 1000. The number of carbonyl (C=O) groups is 1. The van der Waals surface area contributed by atoms with Gasteiger partial charge in [-0.25, -0.2) is 4.79 Å². The minimum Gasteiger partial charge on any atom is -0.445 e. The zero-order valence-electron chi connectivity index (χ0n) is 18.8. The molecule has 1 heterocycles. The van der Waals surface area contributed by atoms with Gasteiger partial charge in [-0.15, -0.1) is 0 Å². The zero-order chi connectivity index (χ0) is 23.2. The van der Waals surface area contributed by atoms with Crippen molar-refractivity contribution in [2.75, 3.05) is 6.54 Å². The molecule has 0 saturated carbocycles. The summed E-state index contributed by atoms with van der Waals surface area (Å²) in [6.07, 6.45) is 1.42. The van der Waals surface area contributed by atoms with E-state index in [0.717, 1.165) is 22.3 Å². The van der Waals surface area contributed by atoms with Gasteiger partial charge in [0.1, 0.15) is 6.61 Å². The Morgan fingerprint density at radius 1 is 1.09 bits per heavy atom. The van der Waals surface area contributed by atoms with Gasteiger partial charge in [0.15, 0.2) is 0 Å². The Balaban J connectivity index is 1.73. The molecular formula is C24H27BN2O4S. The molecule has 0 aromatic heterocycles. The van der Waals surface area contributed by atoms with Crippen molar-refractivity contribution in [3.8, 4) is 0 Å². The van der Waals surface area contributed by atoms with Gasteiger partial charge in [-0.05, 0) is 68.6 Å². The number of thiocarbonyl (C=S) groups is 1. The lowest BCUT2D eigenvalue weighted by atomic mass is 9.77. The van der Waals surface area contributed by atoms with Crippen molar-refractivity contribution in [3.05, 3.63) is 71.2 Å². The normalized spacial score (nSPS) is 16.9. The molecule has 2 aromatic rings. The van der Waals surface area contributed by atoms with E-state index in [1.54, 1.807) is 0 Å². The molecule has 0 bridgehead atoms. The Labute approximate surface area is 194 Å². The minimum atomic E-state index is -0.604. The van der Waals surface area contributed by atoms with E-state index in [4.69, 9.17) is 14.0 Å². The van der Waals surface area contributed by atoms with Crippen molar-refractivity contribution in [2.45, 2.75) is 45.5 Å². The summed E-state index contributed by atoms with van der Waals surface area (Å²) in [5.74, 6) is 0. The smallest absolute Gasteiger partial charge is 0.445 e. The van der Waals surface area contributed by atoms with E-state index < -0.39 is 24.4 Å². The number of benzene rings is 2. The second kappa shape index (κ2) is 10.2. The number of aliphatic imine (C=N–C) groups is 1. The molecule has 0 unspecified atom stereocenters. The number of nitrogens with one attached hydrogen (secondary N) is 1. The van der Waals surface area contributed by atoms with Crippen molar-refractivity contribution in [1.82, 2.24) is 5.32 Å². The summed E-state index contributed by atoms with van der Waals surface area (Å²) >= 11 is 4.65. The summed E-state index contributed by atoms with van der Waals surface area (Å²) in [7, 11) is -0.604. The van der Waals surface area contributed by atoms with Gasteiger partial charge in [-0.3, -0.25) is 0 Å². The molecule has 0 aliphatic carbocycles.